The largest absolute Gasteiger partial charge is 0.380 e. The van der Waals surface area contributed by atoms with Gasteiger partial charge in [-0.05, 0) is 18.9 Å². The van der Waals surface area contributed by atoms with Gasteiger partial charge in [0.15, 0.2) is 0 Å². The predicted octanol–water partition coefficient (Wildman–Crippen LogP) is 1.47. The van der Waals surface area contributed by atoms with E-state index in [1.54, 1.807) is 7.11 Å². The first-order chi connectivity index (χ1) is 6.67. The Labute approximate surface area is 90.6 Å². The molecule has 0 aliphatic carbocycles. The highest BCUT2D eigenvalue weighted by Crippen LogP contribution is 2.19. The molecule has 80 valence electrons. The Kier molecular flexibility index (Phi) is 4.67. The number of halogens is 1. The Morgan fingerprint density at radius 2 is 2.43 bits per heavy atom. The van der Waals surface area contributed by atoms with Crippen LogP contribution in [0.1, 0.15) is 13.3 Å². The summed E-state index contributed by atoms with van der Waals surface area (Å²) >= 11 is 5.78. The van der Waals surface area contributed by atoms with Gasteiger partial charge in [-0.25, -0.2) is 0 Å². The highest BCUT2D eigenvalue weighted by atomic mass is 35.5. The molecule has 14 heavy (non-hydrogen) atoms. The molecule has 3 nitrogen and oxygen atoms in total. The summed E-state index contributed by atoms with van der Waals surface area (Å²) < 4.78 is 5.38. The van der Waals surface area contributed by atoms with Crippen molar-refractivity contribution in [3.63, 3.8) is 0 Å². The molecule has 1 aliphatic rings. The van der Waals surface area contributed by atoms with Crippen LogP contribution in [0.15, 0.2) is 0 Å². The smallest absolute Gasteiger partial charge is 0.133 e. The molecule has 3 unspecified atom stereocenters. The average molecular weight is 217 g/mol. The summed E-state index contributed by atoms with van der Waals surface area (Å²) in [5.41, 5.74) is 0. The molecule has 0 aromatic carbocycles. The maximum Gasteiger partial charge on any atom is 0.133 e. The lowest BCUT2D eigenvalue weighted by Crippen LogP contribution is -2.45. The quantitative estimate of drug-likeness (QED) is 0.671. The molecule has 0 spiro atoms. The van der Waals surface area contributed by atoms with Gasteiger partial charge in [0.2, 0.25) is 0 Å². The molecule has 3 atom stereocenters. The van der Waals surface area contributed by atoms with Crippen LogP contribution in [-0.4, -0.2) is 43.1 Å². The minimum Gasteiger partial charge on any atom is -0.380 e. The molecule has 0 aromatic heterocycles. The second kappa shape index (κ2) is 5.55. The predicted molar refractivity (Wildman–Crippen MR) is 56.3 cm³/mol. The number of alkyl halides is 1. The van der Waals surface area contributed by atoms with Gasteiger partial charge in [0, 0.05) is 20.2 Å². The maximum atomic E-state index is 8.60. The van der Waals surface area contributed by atoms with Crippen molar-refractivity contribution in [3.8, 4) is 6.07 Å². The van der Waals surface area contributed by atoms with Crippen molar-refractivity contribution in [2.24, 2.45) is 5.92 Å². The Hall–Kier alpha value is -0.300. The van der Waals surface area contributed by atoms with Crippen LogP contribution in [0, 0.1) is 17.2 Å². The number of rotatable bonds is 3. The molecular weight excluding hydrogens is 200 g/mol. The van der Waals surface area contributed by atoms with Crippen LogP contribution in [0.3, 0.4) is 0 Å². The fraction of sp³-hybridized carbons (Fsp3) is 0.900. The summed E-state index contributed by atoms with van der Waals surface area (Å²) in [4.78, 5) is 2.20. The summed E-state index contributed by atoms with van der Waals surface area (Å²) in [6.45, 7) is 4.76. The van der Waals surface area contributed by atoms with E-state index in [9.17, 15) is 0 Å². The standard InChI is InChI=1S/C10H17ClN2O/c1-8-3-4-13(6-9(11)5-12)7-10(8)14-2/h8-10H,3-4,6-7H2,1-2H3. The molecule has 0 radical (unpaired) electrons. The van der Waals surface area contributed by atoms with Crippen molar-refractivity contribution >= 4 is 11.6 Å². The van der Waals surface area contributed by atoms with Gasteiger partial charge in [0.25, 0.3) is 0 Å². The Bertz CT molecular complexity index is 217. The lowest BCUT2D eigenvalue weighted by molar-refractivity contribution is -0.00393. The number of methoxy groups -OCH3 is 1. The molecule has 0 bridgehead atoms. The number of piperidine rings is 1. The van der Waals surface area contributed by atoms with Crippen molar-refractivity contribution in [3.05, 3.63) is 0 Å². The molecule has 0 aromatic rings. The van der Waals surface area contributed by atoms with Gasteiger partial charge >= 0.3 is 0 Å². The molecule has 0 N–H and O–H groups in total. The van der Waals surface area contributed by atoms with Crippen molar-refractivity contribution in [2.45, 2.75) is 24.8 Å². The van der Waals surface area contributed by atoms with E-state index in [2.05, 4.69) is 11.8 Å². The molecule has 1 saturated heterocycles. The van der Waals surface area contributed by atoms with Gasteiger partial charge in [-0.1, -0.05) is 6.92 Å². The molecule has 1 rings (SSSR count). The van der Waals surface area contributed by atoms with E-state index in [4.69, 9.17) is 21.6 Å². The van der Waals surface area contributed by atoms with Crippen LogP contribution in [0.4, 0.5) is 0 Å². The molecule has 1 heterocycles. The van der Waals surface area contributed by atoms with Gasteiger partial charge in [-0.2, -0.15) is 5.26 Å². The number of hydrogen-bond acceptors (Lipinski definition) is 3. The lowest BCUT2D eigenvalue weighted by Gasteiger charge is -2.36. The van der Waals surface area contributed by atoms with Crippen LogP contribution in [0.2, 0.25) is 0 Å². The van der Waals surface area contributed by atoms with Crippen molar-refractivity contribution in [1.29, 1.82) is 5.26 Å². The van der Waals surface area contributed by atoms with Crippen LogP contribution in [0.5, 0.6) is 0 Å². The van der Waals surface area contributed by atoms with Crippen LogP contribution >= 0.6 is 11.6 Å². The van der Waals surface area contributed by atoms with Gasteiger partial charge in [0.1, 0.15) is 5.38 Å². The Morgan fingerprint density at radius 1 is 1.71 bits per heavy atom. The summed E-state index contributed by atoms with van der Waals surface area (Å²) in [5, 5.41) is 8.20. The second-order valence-corrected chi connectivity index (χ2v) is 4.42. The normalized spacial score (nSPS) is 31.0. The van der Waals surface area contributed by atoms with Gasteiger partial charge in [-0.15, -0.1) is 11.6 Å². The number of nitrogens with zero attached hydrogens (tertiary/aromatic N) is 2. The SMILES string of the molecule is COC1CN(CC(Cl)C#N)CCC1C. The topological polar surface area (TPSA) is 36.3 Å². The van der Waals surface area contributed by atoms with E-state index in [0.29, 0.717) is 12.5 Å². The molecule has 0 amide bonds. The van der Waals surface area contributed by atoms with Crippen LogP contribution in [-0.2, 0) is 4.74 Å². The van der Waals surface area contributed by atoms with E-state index >= 15 is 0 Å². The zero-order valence-electron chi connectivity index (χ0n) is 8.74. The third kappa shape index (κ3) is 3.13. The van der Waals surface area contributed by atoms with E-state index in [1.807, 2.05) is 6.07 Å². The number of nitriles is 1. The zero-order chi connectivity index (χ0) is 10.6. The van der Waals surface area contributed by atoms with E-state index in [-0.39, 0.29) is 6.10 Å². The van der Waals surface area contributed by atoms with Gasteiger partial charge in [-0.3, -0.25) is 4.90 Å². The van der Waals surface area contributed by atoms with E-state index < -0.39 is 5.38 Å². The Balaban J connectivity index is 2.39. The average Bonchev–Trinajstić information content (AvgIpc) is 2.20. The fourth-order valence-electron chi connectivity index (χ4n) is 1.84. The molecule has 1 aliphatic heterocycles. The lowest BCUT2D eigenvalue weighted by atomic mass is 9.96. The fourth-order valence-corrected chi connectivity index (χ4v) is 2.03. The maximum absolute atomic E-state index is 8.60. The molecular formula is C10H17ClN2O. The highest BCUT2D eigenvalue weighted by molar-refractivity contribution is 6.22. The monoisotopic (exact) mass is 216 g/mol. The minimum atomic E-state index is -0.402. The summed E-state index contributed by atoms with van der Waals surface area (Å²) in [5.74, 6) is 0.604. The number of likely N-dealkylation sites (tertiary alicyclic amines) is 1. The number of hydrogen-bond donors (Lipinski definition) is 0. The summed E-state index contributed by atoms with van der Waals surface area (Å²) in [6, 6.07) is 2.04. The molecule has 0 saturated carbocycles. The first kappa shape index (κ1) is 11.8. The summed E-state index contributed by atoms with van der Waals surface area (Å²) in [7, 11) is 1.74. The first-order valence-corrected chi connectivity index (χ1v) is 5.39. The van der Waals surface area contributed by atoms with Crippen molar-refractivity contribution in [1.82, 2.24) is 4.90 Å². The van der Waals surface area contributed by atoms with E-state index in [0.717, 1.165) is 19.5 Å². The third-order valence-corrected chi connectivity index (χ3v) is 3.07. The second-order valence-electron chi connectivity index (χ2n) is 3.90. The minimum absolute atomic E-state index is 0.284. The van der Waals surface area contributed by atoms with Crippen molar-refractivity contribution in [2.75, 3.05) is 26.7 Å². The van der Waals surface area contributed by atoms with Crippen LogP contribution < -0.4 is 0 Å². The van der Waals surface area contributed by atoms with Gasteiger partial charge in [0.05, 0.1) is 12.2 Å². The highest BCUT2D eigenvalue weighted by Gasteiger charge is 2.26. The molecule has 4 heteroatoms. The third-order valence-electron chi connectivity index (χ3n) is 2.83. The van der Waals surface area contributed by atoms with Gasteiger partial charge < -0.3 is 4.74 Å². The summed E-state index contributed by atoms with van der Waals surface area (Å²) in [6.07, 6.45) is 1.40. The van der Waals surface area contributed by atoms with E-state index in [1.165, 1.54) is 0 Å². The Morgan fingerprint density at radius 3 is 3.00 bits per heavy atom. The zero-order valence-corrected chi connectivity index (χ0v) is 9.50. The number of ether oxygens (including phenoxy) is 1. The van der Waals surface area contributed by atoms with Crippen molar-refractivity contribution < 1.29 is 4.74 Å². The van der Waals surface area contributed by atoms with Crippen LogP contribution in [0.25, 0.3) is 0 Å². The first-order valence-electron chi connectivity index (χ1n) is 4.96. The molecule has 1 fully saturated rings.